The Morgan fingerprint density at radius 1 is 1.00 bits per heavy atom. The molecule has 1 rings (SSSR count). The van der Waals surface area contributed by atoms with E-state index in [0.717, 1.165) is 32.1 Å². The molecule has 0 unspecified atom stereocenters. The van der Waals surface area contributed by atoms with Crippen LogP contribution in [0.3, 0.4) is 0 Å². The Bertz CT molecular complexity index is 322. The van der Waals surface area contributed by atoms with Crippen molar-refractivity contribution in [3.8, 4) is 0 Å². The summed E-state index contributed by atoms with van der Waals surface area (Å²) in [6.07, 6.45) is 7.69. The monoisotopic (exact) mass is 216 g/mol. The number of hydrogen-bond donors (Lipinski definition) is 0. The Balaban J connectivity index is 3.14. The van der Waals surface area contributed by atoms with Gasteiger partial charge in [0.15, 0.2) is 0 Å². The van der Waals surface area contributed by atoms with E-state index in [1.54, 1.807) is 5.56 Å². The first-order valence-electron chi connectivity index (χ1n) is 6.51. The molecule has 0 spiro atoms. The fraction of sp³-hybridized carbons (Fsp3) is 0.500. The quantitative estimate of drug-likeness (QED) is 0.614. The zero-order valence-corrected chi connectivity index (χ0v) is 11.0. The summed E-state index contributed by atoms with van der Waals surface area (Å²) in [5.74, 6) is 0. The van der Waals surface area contributed by atoms with Crippen molar-refractivity contribution in [2.45, 2.75) is 52.9 Å². The van der Waals surface area contributed by atoms with E-state index in [-0.39, 0.29) is 0 Å². The van der Waals surface area contributed by atoms with Crippen LogP contribution < -0.4 is 0 Å². The second kappa shape index (κ2) is 6.52. The van der Waals surface area contributed by atoms with Crippen LogP contribution in [0, 0.1) is 0 Å². The van der Waals surface area contributed by atoms with Crippen LogP contribution in [0.2, 0.25) is 0 Å². The summed E-state index contributed by atoms with van der Waals surface area (Å²) in [5, 5.41) is 0. The predicted octanol–water partition coefficient (Wildman–Crippen LogP) is 4.49. The van der Waals surface area contributed by atoms with Crippen molar-refractivity contribution in [1.29, 1.82) is 0 Å². The Morgan fingerprint density at radius 3 is 1.94 bits per heavy atom. The third-order valence-electron chi connectivity index (χ3n) is 3.26. The minimum atomic E-state index is 1.09. The van der Waals surface area contributed by atoms with Crippen molar-refractivity contribution in [2.75, 3.05) is 0 Å². The van der Waals surface area contributed by atoms with Gasteiger partial charge in [-0.3, -0.25) is 0 Å². The summed E-state index contributed by atoms with van der Waals surface area (Å²) in [4.78, 5) is 0. The van der Waals surface area contributed by atoms with E-state index in [0.29, 0.717) is 0 Å². The van der Waals surface area contributed by atoms with E-state index in [2.05, 4.69) is 39.5 Å². The minimum Gasteiger partial charge on any atom is -0.103 e. The highest BCUT2D eigenvalue weighted by atomic mass is 14.1. The smallest absolute Gasteiger partial charge is 0.0239 e. The average Bonchev–Trinajstić information content (AvgIpc) is 2.35. The molecule has 0 heterocycles. The largest absolute Gasteiger partial charge is 0.103 e. The van der Waals surface area contributed by atoms with Crippen molar-refractivity contribution in [1.82, 2.24) is 0 Å². The molecule has 16 heavy (non-hydrogen) atoms. The highest BCUT2D eigenvalue weighted by Crippen LogP contribution is 2.21. The van der Waals surface area contributed by atoms with Gasteiger partial charge < -0.3 is 0 Å². The Hall–Kier alpha value is -1.04. The molecule has 0 nitrogen and oxygen atoms in total. The maximum atomic E-state index is 3.82. The van der Waals surface area contributed by atoms with E-state index < -0.39 is 0 Å². The van der Waals surface area contributed by atoms with Gasteiger partial charge in [-0.05, 0) is 54.4 Å². The first-order valence-corrected chi connectivity index (χ1v) is 6.51. The Labute approximate surface area is 100 Å². The maximum Gasteiger partial charge on any atom is -0.0239 e. The molecular formula is C16H24. The SMILES string of the molecule is C=CCCc1c(CC)cc(CC)cc1CC. The van der Waals surface area contributed by atoms with Crippen LogP contribution in [0.4, 0.5) is 0 Å². The molecule has 0 atom stereocenters. The summed E-state index contributed by atoms with van der Waals surface area (Å²) < 4.78 is 0. The molecular weight excluding hydrogens is 192 g/mol. The molecule has 0 aliphatic carbocycles. The van der Waals surface area contributed by atoms with Crippen molar-refractivity contribution in [3.63, 3.8) is 0 Å². The highest BCUT2D eigenvalue weighted by Gasteiger charge is 2.07. The Kier molecular flexibility index (Phi) is 5.31. The first kappa shape index (κ1) is 13.0. The third kappa shape index (κ3) is 2.98. The molecule has 0 aliphatic rings. The van der Waals surface area contributed by atoms with Gasteiger partial charge in [-0.25, -0.2) is 0 Å². The molecule has 0 N–H and O–H groups in total. The van der Waals surface area contributed by atoms with Crippen molar-refractivity contribution in [3.05, 3.63) is 47.0 Å². The number of rotatable bonds is 6. The molecule has 88 valence electrons. The van der Waals surface area contributed by atoms with Crippen LogP contribution in [-0.2, 0) is 25.7 Å². The summed E-state index contributed by atoms with van der Waals surface area (Å²) in [7, 11) is 0. The van der Waals surface area contributed by atoms with Crippen LogP contribution in [0.5, 0.6) is 0 Å². The molecule has 0 bridgehead atoms. The fourth-order valence-corrected chi connectivity index (χ4v) is 2.27. The second-order valence-corrected chi connectivity index (χ2v) is 4.28. The number of aryl methyl sites for hydroxylation is 3. The summed E-state index contributed by atoms with van der Waals surface area (Å²) in [6, 6.07) is 4.77. The molecule has 0 fully saturated rings. The van der Waals surface area contributed by atoms with E-state index in [4.69, 9.17) is 0 Å². The standard InChI is InChI=1S/C16H24/c1-5-9-10-16-14(7-3)11-13(6-2)12-15(16)8-4/h5,11-12H,1,6-10H2,2-4H3. The van der Waals surface area contributed by atoms with Gasteiger partial charge in [-0.2, -0.15) is 0 Å². The molecule has 1 aromatic carbocycles. The number of hydrogen-bond acceptors (Lipinski definition) is 0. The van der Waals surface area contributed by atoms with Crippen LogP contribution in [0.15, 0.2) is 24.8 Å². The lowest BCUT2D eigenvalue weighted by molar-refractivity contribution is 0.916. The van der Waals surface area contributed by atoms with Crippen molar-refractivity contribution < 1.29 is 0 Å². The van der Waals surface area contributed by atoms with Gasteiger partial charge in [-0.1, -0.05) is 39.0 Å². The van der Waals surface area contributed by atoms with Crippen molar-refractivity contribution in [2.24, 2.45) is 0 Å². The van der Waals surface area contributed by atoms with Crippen LogP contribution in [0.25, 0.3) is 0 Å². The first-order chi connectivity index (χ1) is 7.76. The van der Waals surface area contributed by atoms with Gasteiger partial charge in [0.05, 0.1) is 0 Å². The summed E-state index contributed by atoms with van der Waals surface area (Å²) in [6.45, 7) is 10.6. The lowest BCUT2D eigenvalue weighted by Crippen LogP contribution is -2.01. The van der Waals surface area contributed by atoms with Gasteiger partial charge in [0.25, 0.3) is 0 Å². The topological polar surface area (TPSA) is 0 Å². The maximum absolute atomic E-state index is 3.82. The average molecular weight is 216 g/mol. The molecule has 1 aromatic rings. The van der Waals surface area contributed by atoms with E-state index >= 15 is 0 Å². The lowest BCUT2D eigenvalue weighted by Gasteiger charge is -2.14. The molecule has 0 saturated carbocycles. The van der Waals surface area contributed by atoms with Crippen LogP contribution in [0.1, 0.15) is 49.4 Å². The fourth-order valence-electron chi connectivity index (χ4n) is 2.27. The van der Waals surface area contributed by atoms with Gasteiger partial charge in [-0.15, -0.1) is 6.58 Å². The molecule has 0 aromatic heterocycles. The van der Waals surface area contributed by atoms with Gasteiger partial charge in [0.1, 0.15) is 0 Å². The van der Waals surface area contributed by atoms with Gasteiger partial charge >= 0.3 is 0 Å². The molecule has 0 aliphatic heterocycles. The molecule has 0 heteroatoms. The zero-order valence-electron chi connectivity index (χ0n) is 11.0. The highest BCUT2D eigenvalue weighted by molar-refractivity contribution is 5.40. The van der Waals surface area contributed by atoms with E-state index in [1.807, 2.05) is 6.08 Å². The van der Waals surface area contributed by atoms with Crippen LogP contribution in [-0.4, -0.2) is 0 Å². The van der Waals surface area contributed by atoms with Gasteiger partial charge in [0, 0.05) is 0 Å². The zero-order chi connectivity index (χ0) is 12.0. The number of benzene rings is 1. The molecule has 0 radical (unpaired) electrons. The van der Waals surface area contributed by atoms with E-state index in [1.165, 1.54) is 16.7 Å². The second-order valence-electron chi connectivity index (χ2n) is 4.28. The summed E-state index contributed by atoms with van der Waals surface area (Å²) >= 11 is 0. The minimum absolute atomic E-state index is 1.09. The van der Waals surface area contributed by atoms with Gasteiger partial charge in [0.2, 0.25) is 0 Å². The Morgan fingerprint density at radius 2 is 1.56 bits per heavy atom. The van der Waals surface area contributed by atoms with E-state index in [9.17, 15) is 0 Å². The summed E-state index contributed by atoms with van der Waals surface area (Å²) in [5.41, 5.74) is 6.13. The third-order valence-corrected chi connectivity index (χ3v) is 3.26. The number of allylic oxidation sites excluding steroid dienone is 1. The molecule has 0 amide bonds. The van der Waals surface area contributed by atoms with Crippen molar-refractivity contribution >= 4 is 0 Å². The van der Waals surface area contributed by atoms with Crippen LogP contribution >= 0.6 is 0 Å². The predicted molar refractivity (Wildman–Crippen MR) is 73.1 cm³/mol. The molecule has 0 saturated heterocycles. The lowest BCUT2D eigenvalue weighted by atomic mass is 9.91. The normalized spacial score (nSPS) is 10.4.